The van der Waals surface area contributed by atoms with E-state index in [0.717, 1.165) is 0 Å². The molecule has 1 aromatic rings. The van der Waals surface area contributed by atoms with Gasteiger partial charge >= 0.3 is 0 Å². The molecule has 1 amide bonds. The van der Waals surface area contributed by atoms with Crippen molar-refractivity contribution in [2.45, 2.75) is 13.3 Å². The second kappa shape index (κ2) is 4.87. The molecule has 1 atom stereocenters. The third-order valence-electron chi connectivity index (χ3n) is 3.00. The van der Waals surface area contributed by atoms with Gasteiger partial charge < -0.3 is 9.64 Å². The van der Waals surface area contributed by atoms with E-state index in [1.165, 1.54) is 11.3 Å². The minimum absolute atomic E-state index is 0.0313. The molecule has 5 heteroatoms. The molecule has 0 bridgehead atoms. The Morgan fingerprint density at radius 1 is 1.59 bits per heavy atom. The van der Waals surface area contributed by atoms with Gasteiger partial charge in [0.1, 0.15) is 16.4 Å². The van der Waals surface area contributed by atoms with Gasteiger partial charge in [-0.2, -0.15) is 0 Å². The third-order valence-corrected chi connectivity index (χ3v) is 3.89. The van der Waals surface area contributed by atoms with E-state index in [4.69, 9.17) is 4.74 Å². The minimum Gasteiger partial charge on any atom is -0.495 e. The van der Waals surface area contributed by atoms with Crippen molar-refractivity contribution >= 4 is 23.0 Å². The van der Waals surface area contributed by atoms with Crippen LogP contribution in [0.15, 0.2) is 11.4 Å². The summed E-state index contributed by atoms with van der Waals surface area (Å²) in [4.78, 5) is 26.0. The van der Waals surface area contributed by atoms with E-state index in [2.05, 4.69) is 0 Å². The lowest BCUT2D eigenvalue weighted by molar-refractivity contribution is -0.124. The standard InChI is InChI=1S/C12H15NO3S/c1-8-7-13(5-3-9(8)14)12(15)11-10(16-2)4-6-17-11/h4,6,8H,3,5,7H2,1-2H3. The Balaban J connectivity index is 2.13. The monoisotopic (exact) mass is 253 g/mol. The van der Waals surface area contributed by atoms with Crippen molar-refractivity contribution in [1.82, 2.24) is 4.90 Å². The Morgan fingerprint density at radius 3 is 3.00 bits per heavy atom. The number of nitrogens with zero attached hydrogens (tertiary/aromatic N) is 1. The molecule has 0 saturated carbocycles. The highest BCUT2D eigenvalue weighted by molar-refractivity contribution is 7.12. The number of carbonyl (C=O) groups excluding carboxylic acids is 2. The van der Waals surface area contributed by atoms with E-state index in [1.807, 2.05) is 12.3 Å². The molecule has 0 aliphatic carbocycles. The number of ketones is 1. The van der Waals surface area contributed by atoms with Crippen LogP contribution < -0.4 is 4.74 Å². The SMILES string of the molecule is COc1ccsc1C(=O)N1CCC(=O)C(C)C1. The summed E-state index contributed by atoms with van der Waals surface area (Å²) in [7, 11) is 1.56. The molecule has 1 unspecified atom stereocenters. The second-order valence-electron chi connectivity index (χ2n) is 4.19. The quantitative estimate of drug-likeness (QED) is 0.807. The third kappa shape index (κ3) is 2.34. The molecule has 2 rings (SSSR count). The lowest BCUT2D eigenvalue weighted by atomic mass is 9.98. The predicted molar refractivity (Wildman–Crippen MR) is 65.6 cm³/mol. The van der Waals surface area contributed by atoms with E-state index in [0.29, 0.717) is 30.1 Å². The smallest absolute Gasteiger partial charge is 0.267 e. The first-order chi connectivity index (χ1) is 8.13. The first kappa shape index (κ1) is 12.1. The van der Waals surface area contributed by atoms with E-state index < -0.39 is 0 Å². The number of rotatable bonds is 2. The molecule has 2 heterocycles. The summed E-state index contributed by atoms with van der Waals surface area (Å²) in [5.74, 6) is 0.770. The van der Waals surface area contributed by atoms with Gasteiger partial charge in [0.05, 0.1) is 7.11 Å². The number of Topliss-reactive ketones (excluding diaryl/α,β-unsaturated/α-hetero) is 1. The van der Waals surface area contributed by atoms with Gasteiger partial charge in [0, 0.05) is 25.4 Å². The Hall–Kier alpha value is -1.36. The maximum absolute atomic E-state index is 12.2. The first-order valence-electron chi connectivity index (χ1n) is 5.57. The van der Waals surface area contributed by atoms with Gasteiger partial charge in [-0.25, -0.2) is 0 Å². The van der Waals surface area contributed by atoms with Crippen molar-refractivity contribution in [2.24, 2.45) is 5.92 Å². The van der Waals surface area contributed by atoms with Crippen LogP contribution in [0.3, 0.4) is 0 Å². The van der Waals surface area contributed by atoms with Gasteiger partial charge in [-0.15, -0.1) is 11.3 Å². The van der Waals surface area contributed by atoms with Crippen LogP contribution in [0.4, 0.5) is 0 Å². The van der Waals surface area contributed by atoms with Gasteiger partial charge in [0.15, 0.2) is 0 Å². The number of methoxy groups -OCH3 is 1. The number of piperidine rings is 1. The molecule has 0 spiro atoms. The van der Waals surface area contributed by atoms with Gasteiger partial charge in [0.2, 0.25) is 0 Å². The summed E-state index contributed by atoms with van der Waals surface area (Å²) in [6, 6.07) is 1.79. The molecule has 0 aromatic carbocycles. The molecule has 92 valence electrons. The Bertz CT molecular complexity index is 441. The fraction of sp³-hybridized carbons (Fsp3) is 0.500. The first-order valence-corrected chi connectivity index (χ1v) is 6.45. The fourth-order valence-corrected chi connectivity index (χ4v) is 2.78. The molecule has 4 nitrogen and oxygen atoms in total. The molecule has 0 radical (unpaired) electrons. The van der Waals surface area contributed by atoms with E-state index in [1.54, 1.807) is 18.1 Å². The van der Waals surface area contributed by atoms with Crippen molar-refractivity contribution in [1.29, 1.82) is 0 Å². The number of thiophene rings is 1. The van der Waals surface area contributed by atoms with Crippen LogP contribution in [0, 0.1) is 5.92 Å². The molecule has 1 aliphatic rings. The molecule has 1 saturated heterocycles. The number of amides is 1. The average Bonchev–Trinajstić information content (AvgIpc) is 2.80. The summed E-state index contributed by atoms with van der Waals surface area (Å²) < 4.78 is 5.14. The topological polar surface area (TPSA) is 46.6 Å². The summed E-state index contributed by atoms with van der Waals surface area (Å²) >= 11 is 1.38. The van der Waals surface area contributed by atoms with Gasteiger partial charge in [-0.3, -0.25) is 9.59 Å². The molecule has 17 heavy (non-hydrogen) atoms. The van der Waals surface area contributed by atoms with Crippen LogP contribution in [-0.4, -0.2) is 36.8 Å². The predicted octanol–water partition coefficient (Wildman–Crippen LogP) is 1.81. The molecule has 1 aromatic heterocycles. The number of likely N-dealkylation sites (tertiary alicyclic amines) is 1. The molecule has 1 fully saturated rings. The van der Waals surface area contributed by atoms with Crippen LogP contribution in [0.2, 0.25) is 0 Å². The van der Waals surface area contributed by atoms with Crippen molar-refractivity contribution in [2.75, 3.05) is 20.2 Å². The summed E-state index contributed by atoms with van der Waals surface area (Å²) in [6.45, 7) is 2.90. The van der Waals surface area contributed by atoms with E-state index in [9.17, 15) is 9.59 Å². The van der Waals surface area contributed by atoms with Crippen LogP contribution in [0.1, 0.15) is 23.0 Å². The van der Waals surface area contributed by atoms with Crippen LogP contribution in [-0.2, 0) is 4.79 Å². The largest absolute Gasteiger partial charge is 0.495 e. The summed E-state index contributed by atoms with van der Waals surface area (Å²) in [5, 5.41) is 1.84. The minimum atomic E-state index is -0.0568. The highest BCUT2D eigenvalue weighted by Crippen LogP contribution is 2.27. The van der Waals surface area contributed by atoms with Crippen molar-refractivity contribution in [3.8, 4) is 5.75 Å². The van der Waals surface area contributed by atoms with E-state index >= 15 is 0 Å². The number of hydrogen-bond acceptors (Lipinski definition) is 4. The highest BCUT2D eigenvalue weighted by Gasteiger charge is 2.29. The zero-order valence-electron chi connectivity index (χ0n) is 9.93. The average molecular weight is 253 g/mol. The zero-order valence-corrected chi connectivity index (χ0v) is 10.8. The number of ether oxygens (including phenoxy) is 1. The Kier molecular flexibility index (Phi) is 3.47. The number of hydrogen-bond donors (Lipinski definition) is 0. The lowest BCUT2D eigenvalue weighted by Crippen LogP contribution is -2.42. The summed E-state index contributed by atoms with van der Waals surface area (Å²) in [6.07, 6.45) is 0.459. The van der Waals surface area contributed by atoms with Gasteiger partial charge in [-0.1, -0.05) is 6.92 Å². The molecule has 1 aliphatic heterocycles. The van der Waals surface area contributed by atoms with Crippen molar-refractivity contribution in [3.05, 3.63) is 16.3 Å². The second-order valence-corrected chi connectivity index (χ2v) is 5.10. The Labute approximate surface area is 104 Å². The zero-order chi connectivity index (χ0) is 12.4. The van der Waals surface area contributed by atoms with Gasteiger partial charge in [-0.05, 0) is 11.4 Å². The van der Waals surface area contributed by atoms with Gasteiger partial charge in [0.25, 0.3) is 5.91 Å². The maximum atomic E-state index is 12.2. The van der Waals surface area contributed by atoms with Crippen LogP contribution in [0.5, 0.6) is 5.75 Å². The van der Waals surface area contributed by atoms with Crippen LogP contribution in [0.25, 0.3) is 0 Å². The Morgan fingerprint density at radius 2 is 2.35 bits per heavy atom. The van der Waals surface area contributed by atoms with E-state index in [-0.39, 0.29) is 17.6 Å². The highest BCUT2D eigenvalue weighted by atomic mass is 32.1. The summed E-state index contributed by atoms with van der Waals surface area (Å²) in [5.41, 5.74) is 0. The lowest BCUT2D eigenvalue weighted by Gasteiger charge is -2.29. The van der Waals surface area contributed by atoms with Crippen molar-refractivity contribution in [3.63, 3.8) is 0 Å². The normalized spacial score (nSPS) is 20.5. The molecular formula is C12H15NO3S. The fourth-order valence-electron chi connectivity index (χ4n) is 1.96. The molecule has 0 N–H and O–H groups in total. The maximum Gasteiger partial charge on any atom is 0.267 e. The molecular weight excluding hydrogens is 238 g/mol. The van der Waals surface area contributed by atoms with Crippen molar-refractivity contribution < 1.29 is 14.3 Å². The number of carbonyl (C=O) groups is 2. The van der Waals surface area contributed by atoms with Crippen LogP contribution >= 0.6 is 11.3 Å².